The summed E-state index contributed by atoms with van der Waals surface area (Å²) in [6.07, 6.45) is 3.39. The Balaban J connectivity index is 2.07. The number of aryl methyl sites for hydroxylation is 1. The molecular weight excluding hydrogens is 435 g/mol. The zero-order chi connectivity index (χ0) is 21.1. The predicted molar refractivity (Wildman–Crippen MR) is 114 cm³/mol. The SMILES string of the molecule is CSc1cc(C(=O)Nc2c(C)cc(Cl)cc2C(=O)NN)n(-c2ncccc2Cl)n1. The lowest BCUT2D eigenvalue weighted by atomic mass is 10.1. The first-order valence-electron chi connectivity index (χ1n) is 8.23. The van der Waals surface area contributed by atoms with Crippen molar-refractivity contribution in [1.29, 1.82) is 0 Å². The summed E-state index contributed by atoms with van der Waals surface area (Å²) >= 11 is 13.6. The highest BCUT2D eigenvalue weighted by Crippen LogP contribution is 2.28. The number of pyridine rings is 1. The summed E-state index contributed by atoms with van der Waals surface area (Å²) < 4.78 is 1.36. The molecule has 29 heavy (non-hydrogen) atoms. The van der Waals surface area contributed by atoms with Crippen LogP contribution in [0.25, 0.3) is 5.82 Å². The van der Waals surface area contributed by atoms with E-state index < -0.39 is 11.8 Å². The van der Waals surface area contributed by atoms with Crippen molar-refractivity contribution in [2.75, 3.05) is 11.6 Å². The monoisotopic (exact) mass is 450 g/mol. The quantitative estimate of drug-likeness (QED) is 0.237. The number of halogens is 2. The second kappa shape index (κ2) is 8.83. The Morgan fingerprint density at radius 2 is 1.97 bits per heavy atom. The van der Waals surface area contributed by atoms with Crippen molar-refractivity contribution in [2.45, 2.75) is 11.9 Å². The van der Waals surface area contributed by atoms with Gasteiger partial charge in [-0.3, -0.25) is 15.0 Å². The molecule has 1 aromatic carbocycles. The van der Waals surface area contributed by atoms with E-state index in [1.165, 1.54) is 22.5 Å². The molecule has 3 rings (SSSR count). The minimum Gasteiger partial charge on any atom is -0.320 e. The Hall–Kier alpha value is -2.59. The average molecular weight is 451 g/mol. The third-order valence-corrected chi connectivity index (χ3v) is 5.11. The van der Waals surface area contributed by atoms with E-state index in [1.807, 2.05) is 11.7 Å². The van der Waals surface area contributed by atoms with Crippen LogP contribution in [0.1, 0.15) is 26.4 Å². The number of nitrogens with one attached hydrogen (secondary N) is 2. The fourth-order valence-corrected chi connectivity index (χ4v) is 3.53. The number of hydrogen-bond donors (Lipinski definition) is 3. The van der Waals surface area contributed by atoms with E-state index in [0.717, 1.165) is 0 Å². The standard InChI is InChI=1S/C18H16Cl2N6O2S/c1-9-6-10(19)7-11(17(27)24-21)15(9)23-18(28)13-8-14(29-2)25-26(13)16-12(20)4-3-5-22-16/h3-8H,21H2,1-2H3,(H,23,28)(H,24,27). The van der Waals surface area contributed by atoms with Crippen molar-refractivity contribution < 1.29 is 9.59 Å². The third kappa shape index (κ3) is 4.38. The molecule has 0 spiro atoms. The van der Waals surface area contributed by atoms with Gasteiger partial charge in [-0.1, -0.05) is 23.2 Å². The molecule has 2 aromatic heterocycles. The molecule has 11 heteroatoms. The molecule has 0 aliphatic heterocycles. The fraction of sp³-hybridized carbons (Fsp3) is 0.111. The molecule has 0 aliphatic carbocycles. The normalized spacial score (nSPS) is 10.7. The lowest BCUT2D eigenvalue weighted by Crippen LogP contribution is -2.31. The second-order valence-electron chi connectivity index (χ2n) is 5.87. The van der Waals surface area contributed by atoms with Crippen molar-refractivity contribution >= 4 is 52.5 Å². The molecule has 2 heterocycles. The highest BCUT2D eigenvalue weighted by Gasteiger charge is 2.22. The fourth-order valence-electron chi connectivity index (χ4n) is 2.66. The van der Waals surface area contributed by atoms with Gasteiger partial charge in [-0.25, -0.2) is 15.5 Å². The van der Waals surface area contributed by atoms with Gasteiger partial charge < -0.3 is 5.32 Å². The smallest absolute Gasteiger partial charge is 0.274 e. The number of hydrogen-bond acceptors (Lipinski definition) is 6. The first kappa shape index (κ1) is 21.1. The van der Waals surface area contributed by atoms with Gasteiger partial charge in [0.2, 0.25) is 0 Å². The number of carbonyl (C=O) groups excluding carboxylic acids is 2. The van der Waals surface area contributed by atoms with Gasteiger partial charge in [0.15, 0.2) is 5.82 Å². The van der Waals surface area contributed by atoms with E-state index >= 15 is 0 Å². The Kier molecular flexibility index (Phi) is 6.43. The molecule has 0 saturated heterocycles. The molecule has 150 valence electrons. The van der Waals surface area contributed by atoms with Crippen LogP contribution in [0.4, 0.5) is 5.69 Å². The first-order chi connectivity index (χ1) is 13.8. The van der Waals surface area contributed by atoms with E-state index in [1.54, 1.807) is 37.4 Å². The molecule has 4 N–H and O–H groups in total. The van der Waals surface area contributed by atoms with E-state index in [2.05, 4.69) is 15.4 Å². The van der Waals surface area contributed by atoms with Crippen molar-refractivity contribution in [2.24, 2.45) is 5.84 Å². The van der Waals surface area contributed by atoms with Gasteiger partial charge in [0.05, 0.1) is 16.3 Å². The summed E-state index contributed by atoms with van der Waals surface area (Å²) in [7, 11) is 0. The topological polar surface area (TPSA) is 115 Å². The van der Waals surface area contributed by atoms with Crippen LogP contribution in [0.5, 0.6) is 0 Å². The zero-order valence-corrected chi connectivity index (χ0v) is 17.7. The van der Waals surface area contributed by atoms with Crippen LogP contribution in [-0.4, -0.2) is 32.8 Å². The Morgan fingerprint density at radius 3 is 2.62 bits per heavy atom. The van der Waals surface area contributed by atoms with E-state index in [9.17, 15) is 9.59 Å². The van der Waals surface area contributed by atoms with Crippen molar-refractivity contribution in [3.8, 4) is 5.82 Å². The van der Waals surface area contributed by atoms with Gasteiger partial charge in [-0.15, -0.1) is 11.8 Å². The molecule has 0 aliphatic rings. The number of carbonyl (C=O) groups is 2. The predicted octanol–water partition coefficient (Wildman–Crippen LogP) is 3.46. The molecule has 2 amide bonds. The van der Waals surface area contributed by atoms with Gasteiger partial charge in [-0.05, 0) is 43.0 Å². The lowest BCUT2D eigenvalue weighted by Gasteiger charge is -2.14. The number of nitrogens with zero attached hydrogens (tertiary/aromatic N) is 3. The number of thioether (sulfide) groups is 1. The number of nitrogens with two attached hydrogens (primary N) is 1. The minimum atomic E-state index is -0.586. The Morgan fingerprint density at radius 1 is 1.21 bits per heavy atom. The van der Waals surface area contributed by atoms with Crippen LogP contribution in [0.15, 0.2) is 41.6 Å². The molecule has 0 saturated carbocycles. The van der Waals surface area contributed by atoms with E-state index in [-0.39, 0.29) is 16.9 Å². The molecule has 0 bridgehead atoms. The summed E-state index contributed by atoms with van der Waals surface area (Å²) in [4.78, 5) is 29.5. The van der Waals surface area contributed by atoms with Gasteiger partial charge in [-0.2, -0.15) is 5.10 Å². The third-order valence-electron chi connectivity index (χ3n) is 3.98. The number of benzene rings is 1. The van der Waals surface area contributed by atoms with E-state index in [0.29, 0.717) is 26.5 Å². The maximum Gasteiger partial charge on any atom is 0.274 e. The van der Waals surface area contributed by atoms with Gasteiger partial charge in [0.1, 0.15) is 10.7 Å². The number of hydrazine groups is 1. The van der Waals surface area contributed by atoms with Gasteiger partial charge in [0, 0.05) is 17.3 Å². The lowest BCUT2D eigenvalue weighted by molar-refractivity contribution is 0.0954. The van der Waals surface area contributed by atoms with Crippen LogP contribution in [0.2, 0.25) is 10.0 Å². The van der Waals surface area contributed by atoms with Crippen LogP contribution in [0.3, 0.4) is 0 Å². The van der Waals surface area contributed by atoms with Crippen molar-refractivity contribution in [1.82, 2.24) is 20.2 Å². The van der Waals surface area contributed by atoms with Crippen LogP contribution in [0, 0.1) is 6.92 Å². The highest BCUT2D eigenvalue weighted by atomic mass is 35.5. The van der Waals surface area contributed by atoms with Gasteiger partial charge >= 0.3 is 0 Å². The zero-order valence-electron chi connectivity index (χ0n) is 15.4. The molecule has 3 aromatic rings. The summed E-state index contributed by atoms with van der Waals surface area (Å²) in [5, 5.41) is 8.41. The Bertz CT molecular complexity index is 1100. The van der Waals surface area contributed by atoms with Crippen LogP contribution >= 0.6 is 35.0 Å². The molecule has 0 radical (unpaired) electrons. The Labute approximate surface area is 180 Å². The largest absolute Gasteiger partial charge is 0.320 e. The number of amides is 2. The summed E-state index contributed by atoms with van der Waals surface area (Å²) in [6.45, 7) is 1.72. The number of aromatic nitrogens is 3. The molecular formula is C18H16Cl2N6O2S. The van der Waals surface area contributed by atoms with Gasteiger partial charge in [0.25, 0.3) is 11.8 Å². The summed E-state index contributed by atoms with van der Waals surface area (Å²) in [6, 6.07) is 7.99. The van der Waals surface area contributed by atoms with Crippen molar-refractivity contribution in [3.63, 3.8) is 0 Å². The minimum absolute atomic E-state index is 0.137. The molecule has 0 unspecified atom stereocenters. The van der Waals surface area contributed by atoms with Crippen LogP contribution < -0.4 is 16.6 Å². The maximum atomic E-state index is 13.1. The second-order valence-corrected chi connectivity index (χ2v) is 7.54. The maximum absolute atomic E-state index is 13.1. The number of anilines is 1. The average Bonchev–Trinajstić information content (AvgIpc) is 3.13. The molecule has 0 atom stereocenters. The number of rotatable bonds is 5. The highest BCUT2D eigenvalue weighted by molar-refractivity contribution is 7.98. The number of nitrogen functional groups attached to an aromatic ring is 1. The summed E-state index contributed by atoms with van der Waals surface area (Å²) in [5.41, 5.74) is 3.26. The van der Waals surface area contributed by atoms with Crippen LogP contribution in [-0.2, 0) is 0 Å². The van der Waals surface area contributed by atoms with E-state index in [4.69, 9.17) is 29.0 Å². The molecule has 0 fully saturated rings. The molecule has 8 nitrogen and oxygen atoms in total. The first-order valence-corrected chi connectivity index (χ1v) is 10.2. The van der Waals surface area contributed by atoms with Crippen molar-refractivity contribution in [3.05, 3.63) is 63.4 Å². The summed E-state index contributed by atoms with van der Waals surface area (Å²) in [5.74, 6) is 4.48.